The predicted molar refractivity (Wildman–Crippen MR) is 50.2 cm³/mol. The van der Waals surface area contributed by atoms with Crippen molar-refractivity contribution in [3.05, 3.63) is 27.5 Å². The van der Waals surface area contributed by atoms with E-state index in [-0.39, 0.29) is 27.8 Å². The third kappa shape index (κ3) is 1.96. The number of nitrogens with two attached hydrogens (primary N) is 1. The van der Waals surface area contributed by atoms with E-state index in [1.165, 1.54) is 0 Å². The Hall–Kier alpha value is -0.880. The fraction of sp³-hybridized carbons (Fsp3) is 0.250. The monoisotopic (exact) mass is 264 g/mol. The molecule has 2 N–H and O–H groups in total. The lowest BCUT2D eigenvalue weighted by Crippen LogP contribution is -2.07. The number of hydrogen-bond donors (Lipinski definition) is 1. The summed E-state index contributed by atoms with van der Waals surface area (Å²) in [4.78, 5) is 14.2. The fourth-order valence-corrected chi connectivity index (χ4v) is 1.58. The maximum Gasteiger partial charge on any atom is 0.265 e. The second kappa shape index (κ2) is 4.56. The van der Waals surface area contributed by atoms with Gasteiger partial charge in [0.2, 0.25) is 0 Å². The zero-order valence-electron chi connectivity index (χ0n) is 7.01. The molecule has 76 valence electrons. The summed E-state index contributed by atoms with van der Waals surface area (Å²) >= 11 is 3.00. The predicted octanol–water partition coefficient (Wildman–Crippen LogP) is 2.05. The Balaban J connectivity index is 3.43. The van der Waals surface area contributed by atoms with Crippen LogP contribution in [-0.2, 0) is 6.54 Å². The van der Waals surface area contributed by atoms with E-state index in [1.807, 2.05) is 0 Å². The van der Waals surface area contributed by atoms with Gasteiger partial charge in [0.05, 0.1) is 0 Å². The summed E-state index contributed by atoms with van der Waals surface area (Å²) in [5.41, 5.74) is 5.00. The fourth-order valence-electron chi connectivity index (χ4n) is 1.10. The first kappa shape index (κ1) is 11.2. The van der Waals surface area contributed by atoms with Crippen LogP contribution in [0.2, 0.25) is 0 Å². The Labute approximate surface area is 87.4 Å². The van der Waals surface area contributed by atoms with E-state index in [4.69, 9.17) is 5.73 Å². The summed E-state index contributed by atoms with van der Waals surface area (Å²) in [5, 5.41) is 0. The Bertz CT molecular complexity index is 357. The van der Waals surface area contributed by atoms with E-state index in [0.717, 1.165) is 6.20 Å². The zero-order valence-corrected chi connectivity index (χ0v) is 8.59. The highest BCUT2D eigenvalue weighted by molar-refractivity contribution is 9.10. The van der Waals surface area contributed by atoms with Crippen molar-refractivity contribution in [3.63, 3.8) is 0 Å². The van der Waals surface area contributed by atoms with Crippen molar-refractivity contribution in [2.24, 2.45) is 5.73 Å². The lowest BCUT2D eigenvalue weighted by atomic mass is 10.1. The van der Waals surface area contributed by atoms with E-state index in [9.17, 15) is 13.6 Å². The van der Waals surface area contributed by atoms with Gasteiger partial charge in [-0.15, -0.1) is 0 Å². The molecule has 0 saturated heterocycles. The van der Waals surface area contributed by atoms with Gasteiger partial charge in [-0.3, -0.25) is 4.79 Å². The number of carbonyl (C=O) groups is 1. The molecule has 0 unspecified atom stereocenters. The molecule has 0 aliphatic heterocycles. The van der Waals surface area contributed by atoms with Crippen LogP contribution in [0.15, 0.2) is 10.8 Å². The molecular formula is C8H7BrF2N2O. The molecule has 3 nitrogen and oxygen atoms in total. The quantitative estimate of drug-likeness (QED) is 0.672. The number of carbonyl (C=O) groups excluding carboxylic acids is 1. The van der Waals surface area contributed by atoms with Gasteiger partial charge in [-0.05, 0) is 15.9 Å². The number of alkyl halides is 2. The zero-order chi connectivity index (χ0) is 10.7. The van der Waals surface area contributed by atoms with Crippen molar-refractivity contribution in [1.29, 1.82) is 0 Å². The van der Waals surface area contributed by atoms with Crippen LogP contribution in [-0.4, -0.2) is 11.3 Å². The Morgan fingerprint density at radius 1 is 1.64 bits per heavy atom. The summed E-state index contributed by atoms with van der Waals surface area (Å²) in [6.45, 7) is -0.0884. The number of halogens is 3. The van der Waals surface area contributed by atoms with Crippen molar-refractivity contribution < 1.29 is 13.6 Å². The second-order valence-corrected chi connectivity index (χ2v) is 3.27. The molecule has 0 aliphatic rings. The summed E-state index contributed by atoms with van der Waals surface area (Å²) < 4.78 is 25.4. The van der Waals surface area contributed by atoms with Crippen molar-refractivity contribution in [2.75, 3.05) is 0 Å². The number of aromatic nitrogens is 1. The molecule has 1 aromatic rings. The minimum absolute atomic E-state index is 0.0884. The summed E-state index contributed by atoms with van der Waals surface area (Å²) in [5.74, 6) is 0. The lowest BCUT2D eigenvalue weighted by molar-refractivity contribution is 0.110. The van der Waals surface area contributed by atoms with Gasteiger partial charge in [0, 0.05) is 29.4 Å². The van der Waals surface area contributed by atoms with Crippen molar-refractivity contribution in [1.82, 2.24) is 4.98 Å². The highest BCUT2D eigenvalue weighted by Crippen LogP contribution is 2.29. The van der Waals surface area contributed by atoms with Crippen molar-refractivity contribution >= 4 is 22.2 Å². The number of rotatable bonds is 3. The number of aldehydes is 1. The van der Waals surface area contributed by atoms with Gasteiger partial charge in [-0.2, -0.15) is 0 Å². The van der Waals surface area contributed by atoms with E-state index < -0.39 is 6.43 Å². The first-order valence-electron chi connectivity index (χ1n) is 3.72. The molecule has 1 heterocycles. The molecule has 1 rings (SSSR count). The summed E-state index contributed by atoms with van der Waals surface area (Å²) in [6.07, 6.45) is -1.29. The van der Waals surface area contributed by atoms with Crippen LogP contribution < -0.4 is 5.73 Å². The molecule has 0 bridgehead atoms. The van der Waals surface area contributed by atoms with Crippen LogP contribution >= 0.6 is 15.9 Å². The van der Waals surface area contributed by atoms with Crippen LogP contribution in [0.25, 0.3) is 0 Å². The van der Waals surface area contributed by atoms with Gasteiger partial charge >= 0.3 is 0 Å². The second-order valence-electron chi connectivity index (χ2n) is 2.52. The van der Waals surface area contributed by atoms with Crippen LogP contribution in [0.1, 0.15) is 27.9 Å². The topological polar surface area (TPSA) is 56.0 Å². The molecule has 0 atom stereocenters. The van der Waals surface area contributed by atoms with E-state index in [0.29, 0.717) is 6.29 Å². The Morgan fingerprint density at radius 3 is 2.71 bits per heavy atom. The first-order chi connectivity index (χ1) is 6.61. The van der Waals surface area contributed by atoms with Crippen LogP contribution in [0.4, 0.5) is 8.78 Å². The van der Waals surface area contributed by atoms with Gasteiger partial charge in [-0.1, -0.05) is 0 Å². The molecule has 0 radical (unpaired) electrons. The number of hydrogen-bond acceptors (Lipinski definition) is 3. The van der Waals surface area contributed by atoms with Gasteiger partial charge in [-0.25, -0.2) is 13.8 Å². The van der Waals surface area contributed by atoms with Crippen LogP contribution in [0, 0.1) is 0 Å². The summed E-state index contributed by atoms with van der Waals surface area (Å²) in [6, 6.07) is 0. The van der Waals surface area contributed by atoms with Gasteiger partial charge in [0.25, 0.3) is 6.43 Å². The van der Waals surface area contributed by atoms with Gasteiger partial charge < -0.3 is 5.73 Å². The molecule has 0 fully saturated rings. The van der Waals surface area contributed by atoms with Crippen LogP contribution in [0.5, 0.6) is 0 Å². The van der Waals surface area contributed by atoms with Crippen molar-refractivity contribution in [2.45, 2.75) is 13.0 Å². The van der Waals surface area contributed by atoms with Gasteiger partial charge in [0.1, 0.15) is 4.60 Å². The van der Waals surface area contributed by atoms with E-state index >= 15 is 0 Å². The van der Waals surface area contributed by atoms with E-state index in [2.05, 4.69) is 20.9 Å². The minimum atomic E-state index is -2.73. The minimum Gasteiger partial charge on any atom is -0.326 e. The molecule has 0 spiro atoms. The van der Waals surface area contributed by atoms with E-state index in [1.54, 1.807) is 0 Å². The normalized spacial score (nSPS) is 10.6. The molecular weight excluding hydrogens is 258 g/mol. The Kier molecular flexibility index (Phi) is 3.65. The van der Waals surface area contributed by atoms with Gasteiger partial charge in [0.15, 0.2) is 6.29 Å². The molecule has 0 amide bonds. The lowest BCUT2D eigenvalue weighted by Gasteiger charge is -2.10. The molecule has 1 aromatic heterocycles. The van der Waals surface area contributed by atoms with Crippen molar-refractivity contribution in [3.8, 4) is 0 Å². The SMILES string of the molecule is NCc1c(Br)ncc(C=O)c1C(F)F. The molecule has 0 aliphatic carbocycles. The first-order valence-corrected chi connectivity index (χ1v) is 4.51. The maximum atomic E-state index is 12.6. The third-order valence-corrected chi connectivity index (χ3v) is 2.43. The molecule has 0 aromatic carbocycles. The standard InChI is InChI=1S/C8H7BrF2N2O/c9-7-5(1-12)6(8(10)11)4(3-14)2-13-7/h2-3,8H,1,12H2. The third-order valence-electron chi connectivity index (χ3n) is 1.75. The largest absolute Gasteiger partial charge is 0.326 e. The average molecular weight is 265 g/mol. The smallest absolute Gasteiger partial charge is 0.265 e. The highest BCUT2D eigenvalue weighted by Gasteiger charge is 2.19. The molecule has 0 saturated carbocycles. The average Bonchev–Trinajstić information content (AvgIpc) is 2.17. The molecule has 6 heteroatoms. The van der Waals surface area contributed by atoms with Crippen LogP contribution in [0.3, 0.4) is 0 Å². The number of pyridine rings is 1. The highest BCUT2D eigenvalue weighted by atomic mass is 79.9. The Morgan fingerprint density at radius 2 is 2.29 bits per heavy atom. The maximum absolute atomic E-state index is 12.6. The summed E-state index contributed by atoms with van der Waals surface area (Å²) in [7, 11) is 0. The molecule has 14 heavy (non-hydrogen) atoms. The number of nitrogens with zero attached hydrogens (tertiary/aromatic N) is 1.